The number of alkyl carbamates (subject to hydrolysis) is 1. The van der Waals surface area contributed by atoms with Crippen LogP contribution >= 0.6 is 0 Å². The number of hydrogen-bond donors (Lipinski definition) is 7. The molecule has 0 spiro atoms. The number of nitrogen functional groups attached to an aromatic ring is 6. The van der Waals surface area contributed by atoms with Gasteiger partial charge in [-0.25, -0.2) is 4.79 Å². The van der Waals surface area contributed by atoms with Crippen molar-refractivity contribution in [1.82, 2.24) is 5.32 Å². The highest BCUT2D eigenvalue weighted by molar-refractivity contribution is 5.68. The largest absolute Gasteiger partial charge is 0.490 e. The van der Waals surface area contributed by atoms with Crippen molar-refractivity contribution in [3.05, 3.63) is 132 Å². The summed E-state index contributed by atoms with van der Waals surface area (Å²) in [5.74, 6) is 1.57. The molecule has 0 heterocycles. The third kappa shape index (κ3) is 15.1. The third-order valence-electron chi connectivity index (χ3n) is 6.74. The second-order valence-corrected chi connectivity index (χ2v) is 12.3. The zero-order chi connectivity index (χ0) is 36.5. The zero-order valence-electron chi connectivity index (χ0n) is 28.9. The van der Waals surface area contributed by atoms with Crippen molar-refractivity contribution < 1.29 is 19.0 Å². The van der Waals surface area contributed by atoms with Crippen LogP contribution in [0.25, 0.3) is 0 Å². The molecule has 5 rings (SSSR count). The molecular weight excluding hydrogens is 630 g/mol. The second-order valence-electron chi connectivity index (χ2n) is 12.3. The van der Waals surface area contributed by atoms with E-state index in [0.29, 0.717) is 31.1 Å². The van der Waals surface area contributed by atoms with Crippen LogP contribution in [-0.2, 0) is 17.7 Å². The summed E-state index contributed by atoms with van der Waals surface area (Å²) >= 11 is 0. The van der Waals surface area contributed by atoms with Crippen molar-refractivity contribution in [2.24, 2.45) is 0 Å². The zero-order valence-corrected chi connectivity index (χ0v) is 28.9. The number of nitrogens with one attached hydrogen (secondary N) is 1. The molecule has 50 heavy (non-hydrogen) atoms. The molecule has 0 aliphatic rings. The molecule has 0 saturated heterocycles. The van der Waals surface area contributed by atoms with Crippen molar-refractivity contribution >= 4 is 40.2 Å². The molecular formula is C39H49N7O4. The molecule has 0 fully saturated rings. The van der Waals surface area contributed by atoms with Crippen LogP contribution < -0.4 is 49.2 Å². The maximum Gasteiger partial charge on any atom is 0.407 e. The number of carbonyl (C=O) groups is 1. The Morgan fingerprint density at radius 2 is 0.940 bits per heavy atom. The molecule has 0 radical (unpaired) electrons. The first kappa shape index (κ1) is 38.2. The van der Waals surface area contributed by atoms with Crippen molar-refractivity contribution in [2.75, 3.05) is 47.6 Å². The van der Waals surface area contributed by atoms with Crippen molar-refractivity contribution in [3.63, 3.8) is 0 Å². The van der Waals surface area contributed by atoms with E-state index < -0.39 is 11.7 Å². The SMILES string of the molecule is CC(C)(C)OC(=O)NCc1cc(N)ccc1N.Nc1ccc(Cc2ccc(N)cc2)cc1.Nc1ccc(OCCOc2ccc(N)cc2)cc1. The monoisotopic (exact) mass is 679 g/mol. The van der Waals surface area contributed by atoms with E-state index in [1.807, 2.05) is 72.8 Å². The second kappa shape index (κ2) is 18.9. The van der Waals surface area contributed by atoms with Crippen LogP contribution in [0, 0.1) is 0 Å². The van der Waals surface area contributed by atoms with Gasteiger partial charge in [0.1, 0.15) is 30.3 Å². The van der Waals surface area contributed by atoms with E-state index in [1.165, 1.54) is 11.1 Å². The predicted octanol–water partition coefficient (Wildman–Crippen LogP) is 6.63. The first-order valence-corrected chi connectivity index (χ1v) is 16.0. The van der Waals surface area contributed by atoms with Gasteiger partial charge in [0.05, 0.1) is 0 Å². The Balaban J connectivity index is 0.000000204. The van der Waals surface area contributed by atoms with Gasteiger partial charge in [-0.1, -0.05) is 24.3 Å². The minimum absolute atomic E-state index is 0.297. The van der Waals surface area contributed by atoms with Crippen molar-refractivity contribution in [3.8, 4) is 11.5 Å². The van der Waals surface area contributed by atoms with Crippen molar-refractivity contribution in [1.29, 1.82) is 0 Å². The smallest absolute Gasteiger partial charge is 0.407 e. The maximum atomic E-state index is 11.4. The number of carbonyl (C=O) groups excluding carboxylic acids is 1. The van der Waals surface area contributed by atoms with E-state index in [-0.39, 0.29) is 0 Å². The Kier molecular flexibility index (Phi) is 14.5. The Labute approximate surface area is 294 Å². The van der Waals surface area contributed by atoms with E-state index >= 15 is 0 Å². The average molecular weight is 680 g/mol. The molecule has 0 aliphatic heterocycles. The van der Waals surface area contributed by atoms with Gasteiger partial charge in [0, 0.05) is 40.7 Å². The lowest BCUT2D eigenvalue weighted by Crippen LogP contribution is -2.32. The maximum absolute atomic E-state index is 11.4. The summed E-state index contributed by atoms with van der Waals surface area (Å²) < 4.78 is 16.1. The molecule has 11 nitrogen and oxygen atoms in total. The van der Waals surface area contributed by atoms with Crippen LogP contribution in [0.5, 0.6) is 11.5 Å². The van der Waals surface area contributed by atoms with Gasteiger partial charge in [0.2, 0.25) is 0 Å². The quantitative estimate of drug-likeness (QED) is 0.0652. The third-order valence-corrected chi connectivity index (χ3v) is 6.74. The number of ether oxygens (including phenoxy) is 3. The van der Waals surface area contributed by atoms with Crippen LogP contribution in [0.3, 0.4) is 0 Å². The van der Waals surface area contributed by atoms with E-state index in [1.54, 1.807) is 63.2 Å². The molecule has 0 bridgehead atoms. The highest BCUT2D eigenvalue weighted by Crippen LogP contribution is 2.17. The molecule has 0 saturated carbocycles. The van der Waals surface area contributed by atoms with Crippen molar-refractivity contribution in [2.45, 2.75) is 39.3 Å². The summed E-state index contributed by atoms with van der Waals surface area (Å²) in [5, 5.41) is 2.63. The molecule has 0 aliphatic carbocycles. The topological polar surface area (TPSA) is 213 Å². The highest BCUT2D eigenvalue weighted by atomic mass is 16.6. The molecule has 5 aromatic carbocycles. The molecule has 13 N–H and O–H groups in total. The number of hydrogen-bond acceptors (Lipinski definition) is 10. The van der Waals surface area contributed by atoms with Gasteiger partial charge in [-0.05, 0) is 135 Å². The standard InChI is InChI=1S/C14H16N2O2.C13H14N2.C12H19N3O2/c15-11-1-5-13(6-2-11)17-9-10-18-14-7-3-12(16)4-8-14;14-12-5-1-10(2-6-12)9-11-3-7-13(15)8-4-11;1-12(2,3)17-11(16)15-7-8-6-9(13)4-5-10(8)14/h1-8H,9-10,15-16H2;1-8H,9,14-15H2;4-6H,7,13-14H2,1-3H3,(H,15,16). The van der Waals surface area contributed by atoms with Gasteiger partial charge in [-0.3, -0.25) is 0 Å². The molecule has 0 atom stereocenters. The number of anilines is 6. The van der Waals surface area contributed by atoms with Gasteiger partial charge in [-0.2, -0.15) is 0 Å². The van der Waals surface area contributed by atoms with Gasteiger partial charge < -0.3 is 53.9 Å². The lowest BCUT2D eigenvalue weighted by atomic mass is 10.0. The van der Waals surface area contributed by atoms with Crippen LogP contribution in [-0.4, -0.2) is 24.9 Å². The minimum atomic E-state index is -0.509. The predicted molar refractivity (Wildman–Crippen MR) is 206 cm³/mol. The minimum Gasteiger partial charge on any atom is -0.490 e. The van der Waals surface area contributed by atoms with Crippen LogP contribution in [0.15, 0.2) is 115 Å². The summed E-state index contributed by atoms with van der Waals surface area (Å²) in [6, 6.07) is 35.6. The van der Waals surface area contributed by atoms with Crippen LogP contribution in [0.1, 0.15) is 37.5 Å². The Hall–Kier alpha value is -6.23. The van der Waals surface area contributed by atoms with Gasteiger partial charge in [-0.15, -0.1) is 0 Å². The highest BCUT2D eigenvalue weighted by Gasteiger charge is 2.16. The fourth-order valence-electron chi connectivity index (χ4n) is 4.21. The lowest BCUT2D eigenvalue weighted by Gasteiger charge is -2.19. The Morgan fingerprint density at radius 1 is 0.560 bits per heavy atom. The number of amides is 1. The van der Waals surface area contributed by atoms with E-state index in [2.05, 4.69) is 5.32 Å². The van der Waals surface area contributed by atoms with Crippen LogP contribution in [0.2, 0.25) is 0 Å². The molecule has 264 valence electrons. The first-order chi connectivity index (χ1) is 23.8. The van der Waals surface area contributed by atoms with Gasteiger partial charge >= 0.3 is 6.09 Å². The first-order valence-electron chi connectivity index (χ1n) is 16.0. The number of benzene rings is 5. The molecule has 0 aromatic heterocycles. The summed E-state index contributed by atoms with van der Waals surface area (Å²) in [4.78, 5) is 11.4. The number of rotatable bonds is 9. The fraction of sp³-hybridized carbons (Fsp3) is 0.205. The van der Waals surface area contributed by atoms with E-state index in [0.717, 1.165) is 46.2 Å². The normalized spacial score (nSPS) is 10.4. The molecule has 11 heteroatoms. The van der Waals surface area contributed by atoms with E-state index in [9.17, 15) is 4.79 Å². The lowest BCUT2D eigenvalue weighted by molar-refractivity contribution is 0.0523. The Morgan fingerprint density at radius 3 is 1.34 bits per heavy atom. The summed E-state index contributed by atoms with van der Waals surface area (Å²) in [7, 11) is 0. The number of nitrogens with two attached hydrogens (primary N) is 6. The summed E-state index contributed by atoms with van der Waals surface area (Å²) in [6.07, 6.45) is 0.444. The van der Waals surface area contributed by atoms with Gasteiger partial charge in [0.15, 0.2) is 0 Å². The average Bonchev–Trinajstić information content (AvgIpc) is 3.07. The van der Waals surface area contributed by atoms with Crippen LogP contribution in [0.4, 0.5) is 38.9 Å². The van der Waals surface area contributed by atoms with E-state index in [4.69, 9.17) is 48.6 Å². The molecule has 1 amide bonds. The fourth-order valence-corrected chi connectivity index (χ4v) is 4.21. The Bertz CT molecular complexity index is 1650. The summed E-state index contributed by atoms with van der Waals surface area (Å²) in [5.41, 5.74) is 40.8. The van der Waals surface area contributed by atoms with Gasteiger partial charge in [0.25, 0.3) is 0 Å². The summed E-state index contributed by atoms with van der Waals surface area (Å²) in [6.45, 7) is 6.68. The molecule has 5 aromatic rings. The molecule has 0 unspecified atom stereocenters.